The number of rotatable bonds is 5. The van der Waals surface area contributed by atoms with Crippen LogP contribution in [0.25, 0.3) is 17.2 Å². The summed E-state index contributed by atoms with van der Waals surface area (Å²) in [5, 5.41) is 2.71. The van der Waals surface area contributed by atoms with E-state index in [-0.39, 0.29) is 0 Å². The van der Waals surface area contributed by atoms with Crippen molar-refractivity contribution in [1.29, 1.82) is 0 Å². The van der Waals surface area contributed by atoms with Crippen LogP contribution in [0.2, 0.25) is 0 Å². The highest BCUT2D eigenvalue weighted by molar-refractivity contribution is 5.96. The average molecular weight is 350 g/mol. The zero-order valence-corrected chi connectivity index (χ0v) is 14.4. The number of nitrogens with zero attached hydrogens (tertiary/aromatic N) is 1. The maximum absolute atomic E-state index is 12.1. The third-order valence-electron chi connectivity index (χ3n) is 3.62. The van der Waals surface area contributed by atoms with E-state index >= 15 is 0 Å². The molecule has 2 aromatic carbocycles. The van der Waals surface area contributed by atoms with Crippen molar-refractivity contribution >= 4 is 34.7 Å². The van der Waals surface area contributed by atoms with Crippen molar-refractivity contribution in [2.45, 2.75) is 20.0 Å². The van der Waals surface area contributed by atoms with Crippen LogP contribution >= 0.6 is 0 Å². The van der Waals surface area contributed by atoms with Crippen LogP contribution in [0, 0.1) is 6.92 Å². The largest absolute Gasteiger partial charge is 0.449 e. The Hall–Kier alpha value is -3.41. The number of benzene rings is 2. The lowest BCUT2D eigenvalue weighted by atomic mass is 10.2. The van der Waals surface area contributed by atoms with Gasteiger partial charge in [-0.2, -0.15) is 0 Å². The lowest BCUT2D eigenvalue weighted by Crippen LogP contribution is -2.29. The normalized spacial score (nSPS) is 12.2. The molecule has 6 nitrogen and oxygen atoms in total. The smallest absolute Gasteiger partial charge is 0.331 e. The van der Waals surface area contributed by atoms with Gasteiger partial charge in [-0.3, -0.25) is 4.79 Å². The Morgan fingerprint density at radius 2 is 2.00 bits per heavy atom. The van der Waals surface area contributed by atoms with Crippen molar-refractivity contribution in [1.82, 2.24) is 4.98 Å². The first-order valence-corrected chi connectivity index (χ1v) is 8.13. The van der Waals surface area contributed by atoms with Crippen LogP contribution in [-0.4, -0.2) is 23.0 Å². The number of aromatic nitrogens is 1. The number of ether oxygens (including phenoxy) is 1. The molecule has 0 radical (unpaired) electrons. The summed E-state index contributed by atoms with van der Waals surface area (Å²) in [4.78, 5) is 28.2. The Kier molecular flexibility index (Phi) is 5.12. The molecule has 0 aliphatic carbocycles. The summed E-state index contributed by atoms with van der Waals surface area (Å²) in [6.07, 6.45) is 1.66. The Bertz CT molecular complexity index is 942. The van der Waals surface area contributed by atoms with Gasteiger partial charge in [0.15, 0.2) is 11.7 Å². The van der Waals surface area contributed by atoms with E-state index < -0.39 is 18.0 Å². The summed E-state index contributed by atoms with van der Waals surface area (Å²) in [5.74, 6) is -0.765. The Morgan fingerprint density at radius 1 is 1.19 bits per heavy atom. The van der Waals surface area contributed by atoms with E-state index in [0.717, 1.165) is 5.56 Å². The SMILES string of the molecule is Cc1cccc(NC(=O)[C@H](C)OC(=O)/C=C/c2nc3ccccc3o2)c1. The minimum atomic E-state index is -0.934. The predicted molar refractivity (Wildman–Crippen MR) is 98.4 cm³/mol. The third-order valence-corrected chi connectivity index (χ3v) is 3.62. The van der Waals surface area contributed by atoms with Crippen molar-refractivity contribution in [3.05, 3.63) is 66.1 Å². The first-order chi connectivity index (χ1) is 12.5. The van der Waals surface area contributed by atoms with Gasteiger partial charge in [-0.25, -0.2) is 9.78 Å². The molecule has 0 fully saturated rings. The molecule has 0 saturated carbocycles. The fraction of sp³-hybridized carbons (Fsp3) is 0.150. The summed E-state index contributed by atoms with van der Waals surface area (Å²) in [7, 11) is 0. The number of esters is 1. The quantitative estimate of drug-likeness (QED) is 0.560. The van der Waals surface area contributed by atoms with Gasteiger partial charge in [0.05, 0.1) is 0 Å². The molecule has 6 heteroatoms. The second-order valence-electron chi connectivity index (χ2n) is 5.79. The molecular formula is C20H18N2O4. The van der Waals surface area contributed by atoms with Crippen LogP contribution in [0.3, 0.4) is 0 Å². The molecule has 3 rings (SSSR count). The Labute approximate surface area is 150 Å². The molecule has 0 bridgehead atoms. The van der Waals surface area contributed by atoms with E-state index in [9.17, 15) is 9.59 Å². The Morgan fingerprint density at radius 3 is 2.77 bits per heavy atom. The fourth-order valence-electron chi connectivity index (χ4n) is 2.33. The second-order valence-corrected chi connectivity index (χ2v) is 5.79. The van der Waals surface area contributed by atoms with Crippen LogP contribution in [0.5, 0.6) is 0 Å². The highest BCUT2D eigenvalue weighted by Gasteiger charge is 2.16. The number of anilines is 1. The van der Waals surface area contributed by atoms with Gasteiger partial charge in [0.25, 0.3) is 5.91 Å². The van der Waals surface area contributed by atoms with Crippen molar-refractivity contribution in [3.63, 3.8) is 0 Å². The van der Waals surface area contributed by atoms with Gasteiger partial charge in [0.1, 0.15) is 5.52 Å². The van der Waals surface area contributed by atoms with E-state index in [1.165, 1.54) is 19.1 Å². The molecule has 132 valence electrons. The zero-order valence-electron chi connectivity index (χ0n) is 14.4. The second kappa shape index (κ2) is 7.65. The van der Waals surface area contributed by atoms with Crippen molar-refractivity contribution < 1.29 is 18.7 Å². The topological polar surface area (TPSA) is 81.4 Å². The third kappa shape index (κ3) is 4.36. The molecule has 26 heavy (non-hydrogen) atoms. The summed E-state index contributed by atoms with van der Waals surface area (Å²) in [6, 6.07) is 14.7. The van der Waals surface area contributed by atoms with Crippen LogP contribution in [0.15, 0.2) is 59.0 Å². The van der Waals surface area contributed by atoms with Gasteiger partial charge in [0.2, 0.25) is 5.89 Å². The van der Waals surface area contributed by atoms with Gasteiger partial charge in [0, 0.05) is 17.8 Å². The van der Waals surface area contributed by atoms with Gasteiger partial charge < -0.3 is 14.5 Å². The molecule has 1 atom stereocenters. The first-order valence-electron chi connectivity index (χ1n) is 8.13. The summed E-state index contributed by atoms with van der Waals surface area (Å²) >= 11 is 0. The van der Waals surface area contributed by atoms with Gasteiger partial charge in [-0.15, -0.1) is 0 Å². The molecule has 1 aromatic heterocycles. The number of hydrogen-bond acceptors (Lipinski definition) is 5. The molecule has 1 N–H and O–H groups in total. The summed E-state index contributed by atoms with van der Waals surface area (Å²) in [5.41, 5.74) is 3.01. The molecule has 0 unspecified atom stereocenters. The van der Waals surface area contributed by atoms with Gasteiger partial charge in [-0.05, 0) is 43.7 Å². The predicted octanol–water partition coefficient (Wildman–Crippen LogP) is 3.72. The maximum Gasteiger partial charge on any atom is 0.331 e. The highest BCUT2D eigenvalue weighted by atomic mass is 16.5. The minimum absolute atomic E-state index is 0.292. The number of para-hydroxylation sites is 2. The van der Waals surface area contributed by atoms with Crippen LogP contribution in [0.1, 0.15) is 18.4 Å². The lowest BCUT2D eigenvalue weighted by molar-refractivity contribution is -0.148. The van der Waals surface area contributed by atoms with Crippen LogP contribution in [-0.2, 0) is 14.3 Å². The standard InChI is InChI=1S/C20H18N2O4/c1-13-6-5-7-15(12-13)21-20(24)14(2)25-19(23)11-10-18-22-16-8-3-4-9-17(16)26-18/h3-12,14H,1-2H3,(H,21,24)/b11-10+/t14-/m0/s1. The number of fused-ring (bicyclic) bond motifs is 1. The van der Waals surface area contributed by atoms with Crippen LogP contribution < -0.4 is 5.32 Å². The fourth-order valence-corrected chi connectivity index (χ4v) is 2.33. The van der Waals surface area contributed by atoms with Crippen LogP contribution in [0.4, 0.5) is 5.69 Å². The molecule has 1 amide bonds. The maximum atomic E-state index is 12.1. The number of hydrogen-bond donors (Lipinski definition) is 1. The number of aryl methyl sites for hydroxylation is 1. The molecule has 3 aromatic rings. The zero-order chi connectivity index (χ0) is 18.5. The lowest BCUT2D eigenvalue weighted by Gasteiger charge is -2.12. The number of carbonyl (C=O) groups excluding carboxylic acids is 2. The number of nitrogens with one attached hydrogen (secondary N) is 1. The van der Waals surface area contributed by atoms with Crippen molar-refractivity contribution in [2.75, 3.05) is 5.32 Å². The molecule has 1 heterocycles. The minimum Gasteiger partial charge on any atom is -0.449 e. The molecule has 0 spiro atoms. The average Bonchev–Trinajstić information content (AvgIpc) is 3.03. The van der Waals surface area contributed by atoms with Gasteiger partial charge in [-0.1, -0.05) is 24.3 Å². The van der Waals surface area contributed by atoms with Crippen molar-refractivity contribution in [3.8, 4) is 0 Å². The number of amides is 1. The molecular weight excluding hydrogens is 332 g/mol. The molecule has 0 saturated heterocycles. The monoisotopic (exact) mass is 350 g/mol. The number of oxazole rings is 1. The number of carbonyl (C=O) groups is 2. The van der Waals surface area contributed by atoms with Gasteiger partial charge >= 0.3 is 5.97 Å². The van der Waals surface area contributed by atoms with E-state index in [1.807, 2.05) is 43.3 Å². The summed E-state index contributed by atoms with van der Waals surface area (Å²) in [6.45, 7) is 3.44. The summed E-state index contributed by atoms with van der Waals surface area (Å²) < 4.78 is 10.6. The highest BCUT2D eigenvalue weighted by Crippen LogP contribution is 2.15. The van der Waals surface area contributed by atoms with Crippen molar-refractivity contribution in [2.24, 2.45) is 0 Å². The molecule has 0 aliphatic rings. The van der Waals surface area contributed by atoms with E-state index in [4.69, 9.17) is 9.15 Å². The van der Waals surface area contributed by atoms with E-state index in [0.29, 0.717) is 22.7 Å². The Balaban J connectivity index is 1.57. The van der Waals surface area contributed by atoms with E-state index in [1.54, 1.807) is 12.1 Å². The molecule has 0 aliphatic heterocycles. The van der Waals surface area contributed by atoms with E-state index in [2.05, 4.69) is 10.3 Å². The first kappa shape index (κ1) is 17.4.